The highest BCUT2D eigenvalue weighted by Crippen LogP contribution is 2.20. The largest absolute Gasteiger partial charge is 0.449 e. The van der Waals surface area contributed by atoms with Gasteiger partial charge in [-0.2, -0.15) is 0 Å². The Morgan fingerprint density at radius 3 is 2.75 bits per heavy atom. The van der Waals surface area contributed by atoms with Crippen molar-refractivity contribution in [3.05, 3.63) is 12.2 Å². The van der Waals surface area contributed by atoms with Crippen LogP contribution in [0.25, 0.3) is 11.4 Å². The second-order valence-corrected chi connectivity index (χ2v) is 2.25. The number of rotatable bonds is 1. The molecule has 2 N–H and O–H groups in total. The third-order valence-electron chi connectivity index (χ3n) is 1.38. The number of nitrogens with zero attached hydrogens (tertiary/aromatic N) is 3. The lowest BCUT2D eigenvalue weighted by Crippen LogP contribution is -1.88. The molecular formula is C6H6N4O2. The Kier molecular flexibility index (Phi) is 1.33. The predicted molar refractivity (Wildman–Crippen MR) is 38.9 cm³/mol. The number of aromatic nitrogens is 3. The fourth-order valence-corrected chi connectivity index (χ4v) is 0.845. The second kappa shape index (κ2) is 2.33. The zero-order chi connectivity index (χ0) is 8.55. The minimum absolute atomic E-state index is 0.211. The van der Waals surface area contributed by atoms with Gasteiger partial charge in [-0.3, -0.25) is 0 Å². The van der Waals surface area contributed by atoms with Crippen LogP contribution in [0, 0.1) is 6.92 Å². The van der Waals surface area contributed by atoms with Crippen LogP contribution in [0.15, 0.2) is 15.3 Å². The van der Waals surface area contributed by atoms with Crippen LogP contribution in [0.5, 0.6) is 0 Å². The molecule has 0 amide bonds. The first-order valence-electron chi connectivity index (χ1n) is 3.28. The average Bonchev–Trinajstić information content (AvgIpc) is 2.58. The highest BCUT2D eigenvalue weighted by molar-refractivity contribution is 5.64. The quantitative estimate of drug-likeness (QED) is 0.667. The minimum Gasteiger partial charge on any atom is -0.449 e. The summed E-state index contributed by atoms with van der Waals surface area (Å²) in [6.07, 6.45) is 1.45. The Labute approximate surface area is 67.3 Å². The van der Waals surface area contributed by atoms with E-state index in [-0.39, 0.29) is 5.82 Å². The molecule has 0 unspecified atom stereocenters. The number of aryl methyl sites for hydroxylation is 1. The van der Waals surface area contributed by atoms with E-state index >= 15 is 0 Å². The molecule has 0 radical (unpaired) electrons. The van der Waals surface area contributed by atoms with Crippen molar-refractivity contribution in [2.45, 2.75) is 6.92 Å². The Hall–Kier alpha value is -1.85. The van der Waals surface area contributed by atoms with Crippen molar-refractivity contribution in [2.75, 3.05) is 5.73 Å². The molecule has 6 heteroatoms. The fraction of sp³-hybridized carbons (Fsp3) is 0.167. The summed E-state index contributed by atoms with van der Waals surface area (Å²) in [4.78, 5) is 4.00. The predicted octanol–water partition coefficient (Wildman–Crippen LogP) is 0.615. The molecule has 0 fully saturated rings. The van der Waals surface area contributed by atoms with Crippen LogP contribution >= 0.6 is 0 Å². The number of hydrogen-bond acceptors (Lipinski definition) is 6. The second-order valence-electron chi connectivity index (χ2n) is 2.25. The van der Waals surface area contributed by atoms with E-state index in [1.807, 2.05) is 0 Å². The summed E-state index contributed by atoms with van der Waals surface area (Å²) < 4.78 is 9.37. The van der Waals surface area contributed by atoms with Gasteiger partial charge in [0.1, 0.15) is 12.0 Å². The maximum Gasteiger partial charge on any atom is 0.198 e. The molecule has 0 aromatic carbocycles. The topological polar surface area (TPSA) is 91.0 Å². The van der Waals surface area contributed by atoms with Crippen molar-refractivity contribution in [1.82, 2.24) is 15.3 Å². The van der Waals surface area contributed by atoms with Crippen molar-refractivity contribution in [2.24, 2.45) is 0 Å². The molecule has 2 rings (SSSR count). The van der Waals surface area contributed by atoms with Gasteiger partial charge in [0, 0.05) is 6.92 Å². The number of oxazole rings is 1. The molecule has 0 spiro atoms. The van der Waals surface area contributed by atoms with E-state index in [0.717, 1.165) is 0 Å². The summed E-state index contributed by atoms with van der Waals surface area (Å²) in [5, 5.41) is 6.98. The molecule has 0 aliphatic heterocycles. The van der Waals surface area contributed by atoms with E-state index in [1.54, 1.807) is 6.92 Å². The van der Waals surface area contributed by atoms with Gasteiger partial charge in [0.05, 0.1) is 0 Å². The Morgan fingerprint density at radius 2 is 2.25 bits per heavy atom. The fourth-order valence-electron chi connectivity index (χ4n) is 0.845. The van der Waals surface area contributed by atoms with Gasteiger partial charge in [-0.1, -0.05) is 0 Å². The molecule has 2 heterocycles. The van der Waals surface area contributed by atoms with Crippen molar-refractivity contribution in [3.63, 3.8) is 0 Å². The zero-order valence-electron chi connectivity index (χ0n) is 6.31. The van der Waals surface area contributed by atoms with E-state index in [4.69, 9.17) is 10.2 Å². The van der Waals surface area contributed by atoms with E-state index < -0.39 is 0 Å². The molecule has 0 saturated carbocycles. The van der Waals surface area contributed by atoms with Crippen LogP contribution in [0.4, 0.5) is 5.82 Å². The summed E-state index contributed by atoms with van der Waals surface area (Å²) in [6.45, 7) is 1.73. The van der Waals surface area contributed by atoms with Crippen LogP contribution in [0.3, 0.4) is 0 Å². The molecule has 0 saturated heterocycles. The molecule has 12 heavy (non-hydrogen) atoms. The summed E-state index contributed by atoms with van der Waals surface area (Å²) in [6, 6.07) is 0. The van der Waals surface area contributed by atoms with Gasteiger partial charge in [-0.15, -0.1) is 0 Å². The summed E-state index contributed by atoms with van der Waals surface area (Å²) >= 11 is 0. The van der Waals surface area contributed by atoms with Gasteiger partial charge in [-0.05, 0) is 10.3 Å². The van der Waals surface area contributed by atoms with E-state index in [0.29, 0.717) is 17.3 Å². The van der Waals surface area contributed by atoms with Crippen molar-refractivity contribution < 1.29 is 9.05 Å². The molecule has 62 valence electrons. The van der Waals surface area contributed by atoms with Gasteiger partial charge in [0.25, 0.3) is 0 Å². The molecule has 6 nitrogen and oxygen atoms in total. The van der Waals surface area contributed by atoms with E-state index in [2.05, 4.69) is 19.9 Å². The SMILES string of the molecule is Cc1nc(-c2nonc2N)co1. The lowest BCUT2D eigenvalue weighted by molar-refractivity contribution is 0.310. The van der Waals surface area contributed by atoms with Gasteiger partial charge >= 0.3 is 0 Å². The maximum atomic E-state index is 5.43. The Bertz CT molecular complexity index is 392. The van der Waals surface area contributed by atoms with E-state index in [1.165, 1.54) is 6.26 Å². The van der Waals surface area contributed by atoms with Crippen LogP contribution < -0.4 is 5.73 Å². The lowest BCUT2D eigenvalue weighted by atomic mass is 10.3. The van der Waals surface area contributed by atoms with Crippen molar-refractivity contribution in [3.8, 4) is 11.4 Å². The third kappa shape index (κ3) is 0.931. The highest BCUT2D eigenvalue weighted by Gasteiger charge is 2.12. The van der Waals surface area contributed by atoms with Crippen LogP contribution in [-0.2, 0) is 0 Å². The number of anilines is 1. The molecule has 0 aliphatic rings. The minimum atomic E-state index is 0.211. The monoisotopic (exact) mass is 166 g/mol. The lowest BCUT2D eigenvalue weighted by Gasteiger charge is -1.83. The third-order valence-corrected chi connectivity index (χ3v) is 1.38. The molecule has 0 atom stereocenters. The average molecular weight is 166 g/mol. The molecule has 2 aromatic heterocycles. The summed E-state index contributed by atoms with van der Waals surface area (Å²) in [5.74, 6) is 0.760. The van der Waals surface area contributed by atoms with Gasteiger partial charge in [-0.25, -0.2) is 9.61 Å². The summed E-state index contributed by atoms with van der Waals surface area (Å²) in [5.41, 5.74) is 6.38. The van der Waals surface area contributed by atoms with Crippen LogP contribution in [-0.4, -0.2) is 15.3 Å². The molecule has 2 aromatic rings. The first-order valence-corrected chi connectivity index (χ1v) is 3.28. The van der Waals surface area contributed by atoms with Gasteiger partial charge in [0.15, 0.2) is 17.4 Å². The first-order chi connectivity index (χ1) is 5.77. The molecular weight excluding hydrogens is 160 g/mol. The maximum absolute atomic E-state index is 5.43. The highest BCUT2D eigenvalue weighted by atomic mass is 16.6. The number of nitrogens with two attached hydrogens (primary N) is 1. The molecule has 0 bridgehead atoms. The molecule has 0 aliphatic carbocycles. The van der Waals surface area contributed by atoms with Crippen LogP contribution in [0.2, 0.25) is 0 Å². The van der Waals surface area contributed by atoms with Gasteiger partial charge in [0.2, 0.25) is 0 Å². The van der Waals surface area contributed by atoms with Crippen molar-refractivity contribution in [1.29, 1.82) is 0 Å². The van der Waals surface area contributed by atoms with Crippen LogP contribution in [0.1, 0.15) is 5.89 Å². The Balaban J connectivity index is 2.50. The standard InChI is InChI=1S/C6H6N4O2/c1-3-8-4(2-11-3)5-6(7)10-12-9-5/h2H,1H3,(H2,7,10). The smallest absolute Gasteiger partial charge is 0.198 e. The number of nitrogen functional groups attached to an aromatic ring is 1. The zero-order valence-corrected chi connectivity index (χ0v) is 6.31. The van der Waals surface area contributed by atoms with Crippen molar-refractivity contribution >= 4 is 5.82 Å². The Morgan fingerprint density at radius 1 is 1.42 bits per heavy atom. The van der Waals surface area contributed by atoms with Gasteiger partial charge < -0.3 is 10.2 Å². The number of hydrogen-bond donors (Lipinski definition) is 1. The van der Waals surface area contributed by atoms with E-state index in [9.17, 15) is 0 Å². The normalized spacial score (nSPS) is 10.4. The first kappa shape index (κ1) is 6.84. The summed E-state index contributed by atoms with van der Waals surface area (Å²) in [7, 11) is 0.